The fourth-order valence-electron chi connectivity index (χ4n) is 2.93. The first-order chi connectivity index (χ1) is 9.61. The molecule has 0 saturated carbocycles. The fourth-order valence-corrected chi connectivity index (χ4v) is 2.93. The molecule has 1 fully saturated rings. The second-order valence-electron chi connectivity index (χ2n) is 6.15. The van der Waals surface area contributed by atoms with Gasteiger partial charge < -0.3 is 10.2 Å². The van der Waals surface area contributed by atoms with Crippen LogP contribution in [0.3, 0.4) is 0 Å². The minimum Gasteiger partial charge on any atom is -0.366 e. The number of halogens is 1. The number of piperidine rings is 1. The third kappa shape index (κ3) is 3.72. The van der Waals surface area contributed by atoms with Crippen LogP contribution in [-0.2, 0) is 6.54 Å². The summed E-state index contributed by atoms with van der Waals surface area (Å²) in [6, 6.07) is 6.12. The Balaban J connectivity index is 2.08. The van der Waals surface area contributed by atoms with Gasteiger partial charge in [0.05, 0.1) is 5.69 Å². The van der Waals surface area contributed by atoms with Crippen molar-refractivity contribution in [1.82, 2.24) is 5.32 Å². The number of nitrogens with one attached hydrogen (secondary N) is 1. The van der Waals surface area contributed by atoms with E-state index in [-0.39, 0.29) is 5.82 Å². The molecule has 2 nitrogen and oxygen atoms in total. The zero-order valence-corrected chi connectivity index (χ0v) is 13.0. The first kappa shape index (κ1) is 15.3. The normalized spacial score (nSPS) is 23.1. The van der Waals surface area contributed by atoms with Crippen LogP contribution in [0.25, 0.3) is 0 Å². The molecule has 0 aliphatic carbocycles. The van der Waals surface area contributed by atoms with Crippen LogP contribution in [0.4, 0.5) is 10.1 Å². The molecule has 0 radical (unpaired) electrons. The van der Waals surface area contributed by atoms with Crippen molar-refractivity contribution in [3.05, 3.63) is 29.6 Å². The van der Waals surface area contributed by atoms with E-state index in [9.17, 15) is 4.39 Å². The van der Waals surface area contributed by atoms with E-state index in [1.807, 2.05) is 12.1 Å². The summed E-state index contributed by atoms with van der Waals surface area (Å²) in [4.78, 5) is 2.23. The maximum atomic E-state index is 14.4. The van der Waals surface area contributed by atoms with Gasteiger partial charge in [-0.2, -0.15) is 0 Å². The second kappa shape index (κ2) is 7.07. The maximum absolute atomic E-state index is 14.4. The minimum atomic E-state index is -0.0817. The molecule has 0 bridgehead atoms. The van der Waals surface area contributed by atoms with Gasteiger partial charge in [0, 0.05) is 19.1 Å². The third-order valence-corrected chi connectivity index (χ3v) is 4.20. The van der Waals surface area contributed by atoms with Crippen LogP contribution < -0.4 is 10.2 Å². The quantitative estimate of drug-likeness (QED) is 0.820. The van der Waals surface area contributed by atoms with E-state index in [1.54, 1.807) is 6.07 Å². The number of nitrogens with zero attached hydrogens (tertiary/aromatic N) is 1. The largest absolute Gasteiger partial charge is 0.366 e. The Kier molecular flexibility index (Phi) is 5.41. The topological polar surface area (TPSA) is 15.3 Å². The molecule has 3 heteroatoms. The van der Waals surface area contributed by atoms with Crippen molar-refractivity contribution in [2.75, 3.05) is 18.0 Å². The molecular formula is C17H27FN2. The van der Waals surface area contributed by atoms with Crippen LogP contribution in [0.1, 0.15) is 45.6 Å². The maximum Gasteiger partial charge on any atom is 0.146 e. The van der Waals surface area contributed by atoms with E-state index in [1.165, 1.54) is 6.42 Å². The molecule has 0 spiro atoms. The molecule has 0 aromatic heterocycles. The number of benzene rings is 1. The van der Waals surface area contributed by atoms with Gasteiger partial charge in [0.25, 0.3) is 0 Å². The van der Waals surface area contributed by atoms with Crippen molar-refractivity contribution >= 4 is 5.69 Å². The average Bonchev–Trinajstić information content (AvgIpc) is 2.42. The van der Waals surface area contributed by atoms with E-state index in [2.05, 4.69) is 31.0 Å². The molecule has 1 aliphatic heterocycles. The van der Waals surface area contributed by atoms with Crippen LogP contribution >= 0.6 is 0 Å². The highest BCUT2D eigenvalue weighted by Gasteiger charge is 2.24. The standard InChI is InChI=1S/C17H27FN2/c1-4-9-19-11-15-7-8-17(16(18)10-15)20-12-13(2)5-6-14(20)3/h7-8,10,13-14,19H,4-6,9,11-12H2,1-3H3. The summed E-state index contributed by atoms with van der Waals surface area (Å²) < 4.78 is 14.4. The number of hydrogen-bond donors (Lipinski definition) is 1. The van der Waals surface area contributed by atoms with Crippen molar-refractivity contribution in [2.45, 2.75) is 52.6 Å². The van der Waals surface area contributed by atoms with Crippen LogP contribution in [0.5, 0.6) is 0 Å². The number of rotatable bonds is 5. The van der Waals surface area contributed by atoms with Gasteiger partial charge in [0.15, 0.2) is 0 Å². The highest BCUT2D eigenvalue weighted by atomic mass is 19.1. The molecule has 2 rings (SSSR count). The molecule has 20 heavy (non-hydrogen) atoms. The first-order valence-corrected chi connectivity index (χ1v) is 7.87. The predicted octanol–water partition coefficient (Wildman–Crippen LogP) is 3.95. The van der Waals surface area contributed by atoms with Crippen LogP contribution in [0.15, 0.2) is 18.2 Å². The van der Waals surface area contributed by atoms with Crippen LogP contribution in [0.2, 0.25) is 0 Å². The second-order valence-corrected chi connectivity index (χ2v) is 6.15. The monoisotopic (exact) mass is 278 g/mol. The SMILES string of the molecule is CCCNCc1ccc(N2CC(C)CCC2C)c(F)c1. The summed E-state index contributed by atoms with van der Waals surface area (Å²) >= 11 is 0. The predicted molar refractivity (Wildman–Crippen MR) is 83.6 cm³/mol. The number of hydrogen-bond acceptors (Lipinski definition) is 2. The molecule has 1 aromatic carbocycles. The van der Waals surface area contributed by atoms with Gasteiger partial charge in [-0.05, 0) is 56.3 Å². The lowest BCUT2D eigenvalue weighted by Crippen LogP contribution is -2.41. The van der Waals surface area contributed by atoms with E-state index in [0.717, 1.165) is 43.7 Å². The molecule has 1 heterocycles. The summed E-state index contributed by atoms with van der Waals surface area (Å²) in [6.45, 7) is 9.27. The highest BCUT2D eigenvalue weighted by Crippen LogP contribution is 2.29. The molecular weight excluding hydrogens is 251 g/mol. The summed E-state index contributed by atoms with van der Waals surface area (Å²) in [7, 11) is 0. The Morgan fingerprint density at radius 3 is 2.80 bits per heavy atom. The number of anilines is 1. The zero-order valence-electron chi connectivity index (χ0n) is 13.0. The molecule has 0 amide bonds. The molecule has 1 saturated heterocycles. The summed E-state index contributed by atoms with van der Waals surface area (Å²) in [5.74, 6) is 0.568. The lowest BCUT2D eigenvalue weighted by Gasteiger charge is -2.38. The third-order valence-electron chi connectivity index (χ3n) is 4.20. The summed E-state index contributed by atoms with van der Waals surface area (Å²) in [5.41, 5.74) is 1.79. The smallest absolute Gasteiger partial charge is 0.146 e. The van der Waals surface area contributed by atoms with Gasteiger partial charge in [-0.3, -0.25) is 0 Å². The highest BCUT2D eigenvalue weighted by molar-refractivity contribution is 5.50. The van der Waals surface area contributed by atoms with E-state index in [0.29, 0.717) is 12.0 Å². The fraction of sp³-hybridized carbons (Fsp3) is 0.647. The Morgan fingerprint density at radius 2 is 2.10 bits per heavy atom. The lowest BCUT2D eigenvalue weighted by atomic mass is 9.94. The van der Waals surface area contributed by atoms with Gasteiger partial charge in [-0.1, -0.05) is 19.9 Å². The average molecular weight is 278 g/mol. The Hall–Kier alpha value is -1.09. The van der Waals surface area contributed by atoms with Crippen molar-refractivity contribution in [2.24, 2.45) is 5.92 Å². The van der Waals surface area contributed by atoms with Crippen molar-refractivity contribution < 1.29 is 4.39 Å². The zero-order chi connectivity index (χ0) is 14.5. The molecule has 1 aromatic rings. The summed E-state index contributed by atoms with van der Waals surface area (Å²) in [6.07, 6.45) is 3.50. The Bertz CT molecular complexity index is 433. The molecule has 1 N–H and O–H groups in total. The van der Waals surface area contributed by atoms with Gasteiger partial charge in [0.2, 0.25) is 0 Å². The Labute approximate surface area is 122 Å². The van der Waals surface area contributed by atoms with Crippen LogP contribution in [0, 0.1) is 11.7 Å². The van der Waals surface area contributed by atoms with Crippen molar-refractivity contribution in [1.29, 1.82) is 0 Å². The molecule has 2 atom stereocenters. The van der Waals surface area contributed by atoms with E-state index in [4.69, 9.17) is 0 Å². The van der Waals surface area contributed by atoms with Gasteiger partial charge in [0.1, 0.15) is 5.82 Å². The Morgan fingerprint density at radius 1 is 1.30 bits per heavy atom. The van der Waals surface area contributed by atoms with E-state index >= 15 is 0 Å². The van der Waals surface area contributed by atoms with Gasteiger partial charge in [-0.15, -0.1) is 0 Å². The van der Waals surface area contributed by atoms with Gasteiger partial charge in [-0.25, -0.2) is 4.39 Å². The molecule has 1 aliphatic rings. The van der Waals surface area contributed by atoms with Crippen molar-refractivity contribution in [3.63, 3.8) is 0 Å². The van der Waals surface area contributed by atoms with Crippen molar-refractivity contribution in [3.8, 4) is 0 Å². The molecule has 2 unspecified atom stereocenters. The van der Waals surface area contributed by atoms with Crippen LogP contribution in [-0.4, -0.2) is 19.1 Å². The first-order valence-electron chi connectivity index (χ1n) is 7.87. The minimum absolute atomic E-state index is 0.0817. The van der Waals surface area contributed by atoms with E-state index < -0.39 is 0 Å². The van der Waals surface area contributed by atoms with Gasteiger partial charge >= 0.3 is 0 Å². The molecule has 112 valence electrons. The lowest BCUT2D eigenvalue weighted by molar-refractivity contribution is 0.386. The summed E-state index contributed by atoms with van der Waals surface area (Å²) in [5, 5.41) is 3.31.